The molecular weight excluding hydrogens is 354 g/mol. The third-order valence-electron chi connectivity index (χ3n) is 4.26. The van der Waals surface area contributed by atoms with Crippen molar-refractivity contribution in [2.24, 2.45) is 0 Å². The lowest BCUT2D eigenvalue weighted by Gasteiger charge is -2.24. The number of hydrogen-bond acceptors (Lipinski definition) is 3. The highest BCUT2D eigenvalue weighted by molar-refractivity contribution is 6.30. The molecule has 0 bridgehead atoms. The van der Waals surface area contributed by atoms with E-state index in [0.717, 1.165) is 6.42 Å². The van der Waals surface area contributed by atoms with Gasteiger partial charge in [-0.25, -0.2) is 4.79 Å². The quantitative estimate of drug-likeness (QED) is 0.851. The Morgan fingerprint density at radius 1 is 1.15 bits per heavy atom. The number of ether oxygens (including phenoxy) is 1. The first kappa shape index (κ1) is 18.1. The van der Waals surface area contributed by atoms with Crippen molar-refractivity contribution in [3.63, 3.8) is 0 Å². The molecular formula is C19H20ClN3O3. The number of nitrogens with one attached hydrogen (secondary N) is 2. The van der Waals surface area contributed by atoms with E-state index in [1.165, 1.54) is 0 Å². The highest BCUT2D eigenvalue weighted by Crippen LogP contribution is 2.26. The number of para-hydroxylation sites is 2. The van der Waals surface area contributed by atoms with Gasteiger partial charge in [-0.05, 0) is 43.2 Å². The molecule has 1 saturated heterocycles. The van der Waals surface area contributed by atoms with Gasteiger partial charge in [0.05, 0.1) is 12.8 Å². The predicted octanol–water partition coefficient (Wildman–Crippen LogP) is 3.98. The van der Waals surface area contributed by atoms with Crippen LogP contribution in [0.5, 0.6) is 5.75 Å². The van der Waals surface area contributed by atoms with Crippen LogP contribution < -0.4 is 15.4 Å². The molecule has 2 aromatic carbocycles. The molecule has 7 heteroatoms. The van der Waals surface area contributed by atoms with E-state index in [9.17, 15) is 9.59 Å². The maximum atomic E-state index is 12.7. The molecule has 3 amide bonds. The molecule has 1 unspecified atom stereocenters. The van der Waals surface area contributed by atoms with Gasteiger partial charge in [0, 0.05) is 17.3 Å². The zero-order valence-electron chi connectivity index (χ0n) is 14.4. The number of carbonyl (C=O) groups is 2. The van der Waals surface area contributed by atoms with Gasteiger partial charge in [0.25, 0.3) is 0 Å². The minimum atomic E-state index is -0.529. The summed E-state index contributed by atoms with van der Waals surface area (Å²) in [6, 6.07) is 13.2. The number of urea groups is 1. The average Bonchev–Trinajstić information content (AvgIpc) is 3.12. The fourth-order valence-corrected chi connectivity index (χ4v) is 3.20. The van der Waals surface area contributed by atoms with Gasteiger partial charge in [-0.3, -0.25) is 4.79 Å². The first-order chi connectivity index (χ1) is 12.6. The molecule has 2 aromatic rings. The molecule has 1 heterocycles. The van der Waals surface area contributed by atoms with Crippen LogP contribution in [0, 0.1) is 0 Å². The second-order valence-corrected chi connectivity index (χ2v) is 6.42. The highest BCUT2D eigenvalue weighted by Gasteiger charge is 2.34. The van der Waals surface area contributed by atoms with Crippen molar-refractivity contribution < 1.29 is 14.3 Å². The van der Waals surface area contributed by atoms with Crippen molar-refractivity contribution in [3.8, 4) is 5.75 Å². The first-order valence-electron chi connectivity index (χ1n) is 8.35. The maximum absolute atomic E-state index is 12.7. The van der Waals surface area contributed by atoms with Crippen LogP contribution >= 0.6 is 11.6 Å². The SMILES string of the molecule is COc1ccccc1NC(=O)C1CCCN1C(=O)Nc1cccc(Cl)c1. The van der Waals surface area contributed by atoms with Gasteiger partial charge in [0.2, 0.25) is 5.91 Å². The molecule has 26 heavy (non-hydrogen) atoms. The predicted molar refractivity (Wildman–Crippen MR) is 102 cm³/mol. The normalized spacial score (nSPS) is 16.2. The molecule has 1 fully saturated rings. The van der Waals surface area contributed by atoms with E-state index in [0.29, 0.717) is 35.1 Å². The zero-order valence-corrected chi connectivity index (χ0v) is 15.1. The van der Waals surface area contributed by atoms with Gasteiger partial charge >= 0.3 is 6.03 Å². The first-order valence-corrected chi connectivity index (χ1v) is 8.73. The summed E-state index contributed by atoms with van der Waals surface area (Å²) < 4.78 is 5.25. The van der Waals surface area contributed by atoms with E-state index in [-0.39, 0.29) is 11.9 Å². The van der Waals surface area contributed by atoms with Crippen LogP contribution in [0.1, 0.15) is 12.8 Å². The van der Waals surface area contributed by atoms with Crippen molar-refractivity contribution in [2.45, 2.75) is 18.9 Å². The Morgan fingerprint density at radius 2 is 1.96 bits per heavy atom. The third-order valence-corrected chi connectivity index (χ3v) is 4.49. The Balaban J connectivity index is 1.69. The van der Waals surface area contributed by atoms with Crippen LogP contribution in [0.15, 0.2) is 48.5 Å². The maximum Gasteiger partial charge on any atom is 0.322 e. The molecule has 0 saturated carbocycles. The Bertz CT molecular complexity index is 812. The van der Waals surface area contributed by atoms with E-state index >= 15 is 0 Å². The van der Waals surface area contributed by atoms with Crippen molar-refractivity contribution in [1.29, 1.82) is 0 Å². The van der Waals surface area contributed by atoms with Crippen molar-refractivity contribution in [2.75, 3.05) is 24.3 Å². The van der Waals surface area contributed by atoms with Gasteiger partial charge in [-0.1, -0.05) is 29.8 Å². The molecule has 3 rings (SSSR count). The average molecular weight is 374 g/mol. The number of likely N-dealkylation sites (tertiary alicyclic amines) is 1. The second-order valence-electron chi connectivity index (χ2n) is 5.98. The van der Waals surface area contributed by atoms with Gasteiger partial charge in [0.15, 0.2) is 0 Å². The van der Waals surface area contributed by atoms with Crippen LogP contribution in [-0.4, -0.2) is 36.5 Å². The second kappa shape index (κ2) is 8.10. The molecule has 0 spiro atoms. The summed E-state index contributed by atoms with van der Waals surface area (Å²) in [4.78, 5) is 26.8. The highest BCUT2D eigenvalue weighted by atomic mass is 35.5. The molecule has 1 atom stereocenters. The van der Waals surface area contributed by atoms with Crippen molar-refractivity contribution in [3.05, 3.63) is 53.6 Å². The molecule has 0 aromatic heterocycles. The lowest BCUT2D eigenvalue weighted by molar-refractivity contribution is -0.119. The molecule has 6 nitrogen and oxygen atoms in total. The van der Waals surface area contributed by atoms with Crippen LogP contribution in [0.3, 0.4) is 0 Å². The van der Waals surface area contributed by atoms with E-state index in [4.69, 9.17) is 16.3 Å². The van der Waals surface area contributed by atoms with Crippen LogP contribution in [0.2, 0.25) is 5.02 Å². The Hall–Kier alpha value is -2.73. The number of methoxy groups -OCH3 is 1. The van der Waals surface area contributed by atoms with E-state index in [2.05, 4.69) is 10.6 Å². The number of nitrogens with zero attached hydrogens (tertiary/aromatic N) is 1. The number of hydrogen-bond donors (Lipinski definition) is 2. The summed E-state index contributed by atoms with van der Waals surface area (Å²) >= 11 is 5.95. The molecule has 1 aliphatic heterocycles. The van der Waals surface area contributed by atoms with E-state index in [1.807, 2.05) is 12.1 Å². The summed E-state index contributed by atoms with van der Waals surface area (Å²) in [5.41, 5.74) is 1.18. The number of amides is 3. The summed E-state index contributed by atoms with van der Waals surface area (Å²) in [5.74, 6) is 0.349. The number of anilines is 2. The monoisotopic (exact) mass is 373 g/mol. The fourth-order valence-electron chi connectivity index (χ4n) is 3.01. The lowest BCUT2D eigenvalue weighted by atomic mass is 10.2. The summed E-state index contributed by atoms with van der Waals surface area (Å²) in [7, 11) is 1.55. The van der Waals surface area contributed by atoms with Crippen LogP contribution in [-0.2, 0) is 4.79 Å². The zero-order chi connectivity index (χ0) is 18.5. The van der Waals surface area contributed by atoms with Gasteiger partial charge < -0.3 is 20.3 Å². The van der Waals surface area contributed by atoms with Gasteiger partial charge in [-0.15, -0.1) is 0 Å². The molecule has 136 valence electrons. The molecule has 0 aliphatic carbocycles. The lowest BCUT2D eigenvalue weighted by Crippen LogP contribution is -2.45. The Morgan fingerprint density at radius 3 is 2.73 bits per heavy atom. The summed E-state index contributed by atoms with van der Waals surface area (Å²) in [6.07, 6.45) is 1.39. The minimum Gasteiger partial charge on any atom is -0.495 e. The smallest absolute Gasteiger partial charge is 0.322 e. The topological polar surface area (TPSA) is 70.7 Å². The van der Waals surface area contributed by atoms with E-state index in [1.54, 1.807) is 48.4 Å². The summed E-state index contributed by atoms with van der Waals surface area (Å²) in [5, 5.41) is 6.19. The van der Waals surface area contributed by atoms with Gasteiger partial charge in [0.1, 0.15) is 11.8 Å². The molecule has 2 N–H and O–H groups in total. The minimum absolute atomic E-state index is 0.228. The largest absolute Gasteiger partial charge is 0.495 e. The molecule has 1 aliphatic rings. The number of halogens is 1. The number of rotatable bonds is 4. The van der Waals surface area contributed by atoms with Gasteiger partial charge in [-0.2, -0.15) is 0 Å². The summed E-state index contributed by atoms with van der Waals surface area (Å²) in [6.45, 7) is 0.524. The van der Waals surface area contributed by atoms with Crippen molar-refractivity contribution in [1.82, 2.24) is 4.90 Å². The Labute approximate surface area is 157 Å². The van der Waals surface area contributed by atoms with Crippen molar-refractivity contribution >= 4 is 34.9 Å². The standard InChI is InChI=1S/C19H20ClN3O3/c1-26-17-10-3-2-8-15(17)22-18(24)16-9-5-11-23(16)19(25)21-14-7-4-6-13(20)12-14/h2-4,6-8,10,12,16H,5,9,11H2,1H3,(H,21,25)(H,22,24). The van der Waals surface area contributed by atoms with E-state index < -0.39 is 6.04 Å². The number of benzene rings is 2. The molecule has 0 radical (unpaired) electrons. The third kappa shape index (κ3) is 4.08. The van der Waals surface area contributed by atoms with Crippen LogP contribution in [0.4, 0.5) is 16.2 Å². The fraction of sp³-hybridized carbons (Fsp3) is 0.263. The Kier molecular flexibility index (Phi) is 5.63. The van der Waals surface area contributed by atoms with Crippen LogP contribution in [0.25, 0.3) is 0 Å². The number of carbonyl (C=O) groups excluding carboxylic acids is 2.